The van der Waals surface area contributed by atoms with E-state index in [0.717, 1.165) is 42.0 Å². The van der Waals surface area contributed by atoms with Gasteiger partial charge in [-0.3, -0.25) is 29.6 Å². The van der Waals surface area contributed by atoms with E-state index in [1.165, 1.54) is 29.0 Å². The molecule has 0 radical (unpaired) electrons. The molecule has 14 heteroatoms. The van der Waals surface area contributed by atoms with Crippen molar-refractivity contribution in [1.82, 2.24) is 19.9 Å². The Labute approximate surface area is 302 Å². The van der Waals surface area contributed by atoms with Crippen LogP contribution in [0, 0.1) is 5.41 Å². The van der Waals surface area contributed by atoms with Crippen molar-refractivity contribution in [2.45, 2.75) is 57.3 Å². The smallest absolute Gasteiger partial charge is 0.412 e. The Bertz CT molecular complexity index is 2250. The molecule has 0 spiro atoms. The van der Waals surface area contributed by atoms with Gasteiger partial charge in [0.2, 0.25) is 0 Å². The molecule has 2 aromatic heterocycles. The lowest BCUT2D eigenvalue weighted by atomic mass is 10.1. The van der Waals surface area contributed by atoms with Crippen LogP contribution in [0.5, 0.6) is 0 Å². The van der Waals surface area contributed by atoms with Gasteiger partial charge in [-0.15, -0.1) is 0 Å². The van der Waals surface area contributed by atoms with Crippen LogP contribution in [0.4, 0.5) is 10.5 Å². The van der Waals surface area contributed by atoms with Gasteiger partial charge in [0.25, 0.3) is 15.6 Å². The number of hydrogen-bond donors (Lipinski definition) is 2. The number of amides is 1. The first kappa shape index (κ1) is 37.6. The first-order valence-corrected chi connectivity index (χ1v) is 18.6. The van der Waals surface area contributed by atoms with Crippen LogP contribution in [-0.2, 0) is 37.8 Å². The third-order valence-electron chi connectivity index (χ3n) is 8.48. The van der Waals surface area contributed by atoms with Gasteiger partial charge in [0.15, 0.2) is 0 Å². The van der Waals surface area contributed by atoms with Crippen molar-refractivity contribution in [2.24, 2.45) is 7.05 Å². The van der Waals surface area contributed by atoms with Gasteiger partial charge >= 0.3 is 12.1 Å². The summed E-state index contributed by atoms with van der Waals surface area (Å²) in [5.74, 6) is -0.855. The van der Waals surface area contributed by atoms with Crippen molar-refractivity contribution in [3.05, 3.63) is 106 Å². The monoisotopic (exact) mass is 726 g/mol. The quantitative estimate of drug-likeness (QED) is 0.0580. The van der Waals surface area contributed by atoms with E-state index in [1.807, 2.05) is 0 Å². The molecule has 0 unspecified atom stereocenters. The van der Waals surface area contributed by atoms with Crippen LogP contribution in [0.15, 0.2) is 88.7 Å². The van der Waals surface area contributed by atoms with Crippen LogP contribution in [0.2, 0.25) is 0 Å². The summed E-state index contributed by atoms with van der Waals surface area (Å²) >= 11 is 0. The first-order valence-electron chi connectivity index (χ1n) is 17.2. The van der Waals surface area contributed by atoms with E-state index in [9.17, 15) is 22.8 Å². The predicted molar refractivity (Wildman–Crippen MR) is 199 cm³/mol. The summed E-state index contributed by atoms with van der Waals surface area (Å²) in [5, 5.41) is 11.3. The Morgan fingerprint density at radius 3 is 2.44 bits per heavy atom. The first-order chi connectivity index (χ1) is 25.0. The van der Waals surface area contributed by atoms with E-state index < -0.39 is 28.6 Å². The third-order valence-corrected chi connectivity index (χ3v) is 10.3. The topological polar surface area (TPSA) is 174 Å². The van der Waals surface area contributed by atoms with E-state index in [1.54, 1.807) is 68.6 Å². The zero-order valence-corrected chi connectivity index (χ0v) is 30.2. The fraction of sp³-hybridized carbons (Fsp3) is 0.316. The molecule has 1 amide bonds. The molecule has 5 aromatic rings. The molecule has 0 fully saturated rings. The minimum absolute atomic E-state index is 0.0672. The normalized spacial score (nSPS) is 11.4. The number of benzene rings is 3. The number of amidine groups is 1. The number of aromatic nitrogens is 3. The minimum atomic E-state index is -4.35. The van der Waals surface area contributed by atoms with E-state index in [2.05, 4.69) is 22.2 Å². The van der Waals surface area contributed by atoms with Gasteiger partial charge in [-0.25, -0.2) is 18.2 Å². The number of esters is 1. The lowest BCUT2D eigenvalue weighted by Crippen LogP contribution is -2.37. The molecule has 0 saturated carbocycles. The second-order valence-corrected chi connectivity index (χ2v) is 14.0. The van der Waals surface area contributed by atoms with Gasteiger partial charge in [0, 0.05) is 30.6 Å². The Morgan fingerprint density at radius 2 is 1.69 bits per heavy atom. The van der Waals surface area contributed by atoms with Crippen LogP contribution < -0.4 is 15.2 Å². The van der Waals surface area contributed by atoms with Crippen LogP contribution in [0.1, 0.15) is 62.8 Å². The summed E-state index contributed by atoms with van der Waals surface area (Å²) in [6.45, 7) is 3.52. The van der Waals surface area contributed by atoms with Crippen molar-refractivity contribution >= 4 is 55.5 Å². The molecule has 5 rings (SSSR count). The maximum atomic E-state index is 14.2. The van der Waals surface area contributed by atoms with E-state index in [0.29, 0.717) is 22.0 Å². The van der Waals surface area contributed by atoms with E-state index >= 15 is 0 Å². The minimum Gasteiger partial charge on any atom is -0.465 e. The SMILES string of the molecule is CCCCCCCOC(=O)NC(=N)c1ccc(Cc2nc3cc(N(CC(=O)OCC)S(=O)(=O)c4cccc5cccnc45)ccc3n(C)c2=O)cc1. The van der Waals surface area contributed by atoms with Crippen molar-refractivity contribution in [1.29, 1.82) is 5.41 Å². The number of aryl methyl sites for hydroxylation is 1. The summed E-state index contributed by atoms with van der Waals surface area (Å²) in [6, 6.07) is 19.7. The van der Waals surface area contributed by atoms with Crippen LogP contribution in [0.25, 0.3) is 21.9 Å². The fourth-order valence-electron chi connectivity index (χ4n) is 5.76. The number of rotatable bonds is 15. The maximum Gasteiger partial charge on any atom is 0.412 e. The van der Waals surface area contributed by atoms with Gasteiger partial charge in [-0.2, -0.15) is 0 Å². The number of sulfonamides is 1. The zero-order valence-electron chi connectivity index (χ0n) is 29.4. The number of nitrogens with one attached hydrogen (secondary N) is 2. The summed E-state index contributed by atoms with van der Waals surface area (Å²) in [6.07, 6.45) is 6.08. The Kier molecular flexibility index (Phi) is 12.3. The molecule has 0 aliphatic heterocycles. The zero-order chi connectivity index (χ0) is 37.3. The average molecular weight is 727 g/mol. The predicted octanol–water partition coefficient (Wildman–Crippen LogP) is 5.85. The maximum absolute atomic E-state index is 14.2. The van der Waals surface area contributed by atoms with Gasteiger partial charge in [0.05, 0.1) is 35.5 Å². The second kappa shape index (κ2) is 17.1. The number of unbranched alkanes of at least 4 members (excludes halogenated alkanes) is 4. The number of anilines is 1. The molecule has 3 aromatic carbocycles. The number of alkyl carbamates (subject to hydrolysis) is 1. The van der Waals surface area contributed by atoms with Crippen molar-refractivity contribution < 1.29 is 27.5 Å². The standard InChI is InChI=1S/C38H42N6O7S/c1-4-6-7-8-9-22-51-38(47)42-36(39)28-17-15-26(16-18-28)23-31-37(46)43(3)32-20-19-29(24-30(32)41-31)44(25-34(45)50-5-2)52(48,49)33-14-10-12-27-13-11-21-40-35(27)33/h10-21,24H,4-9,22-23,25H2,1-3H3,(H2,39,42,47). The molecule has 13 nitrogen and oxygen atoms in total. The Hall–Kier alpha value is -5.63. The highest BCUT2D eigenvalue weighted by Crippen LogP contribution is 2.30. The molecular formula is C38H42N6O7S. The van der Waals surface area contributed by atoms with Crippen LogP contribution in [0.3, 0.4) is 0 Å². The molecule has 0 aliphatic carbocycles. The van der Waals surface area contributed by atoms with Gasteiger partial charge in [-0.05, 0) is 49.2 Å². The van der Waals surface area contributed by atoms with E-state index in [4.69, 9.17) is 14.9 Å². The van der Waals surface area contributed by atoms with Gasteiger partial charge in [-0.1, -0.05) is 75.1 Å². The number of hydrogen-bond acceptors (Lipinski definition) is 10. The second-order valence-electron chi connectivity index (χ2n) is 12.2. The third kappa shape index (κ3) is 8.80. The number of ether oxygens (including phenoxy) is 2. The van der Waals surface area contributed by atoms with Gasteiger partial charge < -0.3 is 14.0 Å². The summed E-state index contributed by atoms with van der Waals surface area (Å²) in [7, 11) is -2.74. The van der Waals surface area contributed by atoms with Crippen molar-refractivity contribution in [2.75, 3.05) is 24.1 Å². The molecule has 0 atom stereocenters. The lowest BCUT2D eigenvalue weighted by molar-refractivity contribution is -0.141. The molecular weight excluding hydrogens is 685 g/mol. The summed E-state index contributed by atoms with van der Waals surface area (Å²) in [5.41, 5.74) is 2.24. The molecule has 2 heterocycles. The molecule has 52 heavy (non-hydrogen) atoms. The molecule has 2 N–H and O–H groups in total. The Balaban J connectivity index is 1.39. The summed E-state index contributed by atoms with van der Waals surface area (Å²) in [4.78, 5) is 47.1. The number of pyridine rings is 1. The number of nitrogens with zero attached hydrogens (tertiary/aromatic N) is 4. The Morgan fingerprint density at radius 1 is 0.942 bits per heavy atom. The highest BCUT2D eigenvalue weighted by atomic mass is 32.2. The molecule has 0 aliphatic rings. The van der Waals surface area contributed by atoms with Gasteiger partial charge in [0.1, 0.15) is 23.0 Å². The average Bonchev–Trinajstić information content (AvgIpc) is 3.14. The van der Waals surface area contributed by atoms with E-state index in [-0.39, 0.29) is 52.8 Å². The molecule has 0 saturated heterocycles. The van der Waals surface area contributed by atoms with Crippen LogP contribution in [-0.4, -0.2) is 60.6 Å². The number of carbonyl (C=O) groups excluding carboxylic acids is 2. The molecule has 272 valence electrons. The van der Waals surface area contributed by atoms with Crippen LogP contribution >= 0.6 is 0 Å². The highest BCUT2D eigenvalue weighted by Gasteiger charge is 2.30. The largest absolute Gasteiger partial charge is 0.465 e. The molecule has 0 bridgehead atoms. The highest BCUT2D eigenvalue weighted by molar-refractivity contribution is 7.93. The summed E-state index contributed by atoms with van der Waals surface area (Å²) < 4.78 is 41.2. The number of fused-ring (bicyclic) bond motifs is 2. The number of para-hydroxylation sites is 1. The lowest BCUT2D eigenvalue weighted by Gasteiger charge is -2.24. The van der Waals surface area contributed by atoms with Crippen molar-refractivity contribution in [3.63, 3.8) is 0 Å². The van der Waals surface area contributed by atoms with Crippen molar-refractivity contribution in [3.8, 4) is 0 Å². The fourth-order valence-corrected chi connectivity index (χ4v) is 7.33. The number of carbonyl (C=O) groups is 2.